The van der Waals surface area contributed by atoms with E-state index in [9.17, 15) is 9.59 Å². The van der Waals surface area contributed by atoms with Crippen LogP contribution in [0.15, 0.2) is 29.4 Å². The molecule has 0 atom stereocenters. The third-order valence-corrected chi connectivity index (χ3v) is 2.47. The second-order valence-corrected chi connectivity index (χ2v) is 4.05. The molecule has 0 radical (unpaired) electrons. The molecule has 0 aliphatic carbocycles. The zero-order valence-corrected chi connectivity index (χ0v) is 12.7. The van der Waals surface area contributed by atoms with Crippen LogP contribution < -0.4 is 16.3 Å². The minimum atomic E-state index is -0.847. The highest BCUT2D eigenvalue weighted by atomic mass is 16.6. The SMILES string of the molecule is COCCOC(=O)NNC(=O)c1ccccc1NN=C(C#N)C#N. The lowest BCUT2D eigenvalue weighted by molar-refractivity contribution is 0.0850. The lowest BCUT2D eigenvalue weighted by atomic mass is 10.2. The van der Waals surface area contributed by atoms with Crippen LogP contribution in [0.1, 0.15) is 10.4 Å². The first-order chi connectivity index (χ1) is 11.6. The molecule has 0 saturated carbocycles. The second-order valence-electron chi connectivity index (χ2n) is 4.05. The molecule has 24 heavy (non-hydrogen) atoms. The number of hydrazine groups is 1. The van der Waals surface area contributed by atoms with Crippen molar-refractivity contribution in [2.24, 2.45) is 5.10 Å². The second kappa shape index (κ2) is 10.2. The number of benzene rings is 1. The molecule has 1 aromatic rings. The topological polar surface area (TPSA) is 149 Å². The summed E-state index contributed by atoms with van der Waals surface area (Å²) in [5.74, 6) is -0.646. The monoisotopic (exact) mass is 330 g/mol. The van der Waals surface area contributed by atoms with Crippen LogP contribution in [0.5, 0.6) is 0 Å². The van der Waals surface area contributed by atoms with Gasteiger partial charge in [0, 0.05) is 7.11 Å². The Morgan fingerprint density at radius 1 is 1.17 bits per heavy atom. The van der Waals surface area contributed by atoms with Gasteiger partial charge in [0.2, 0.25) is 5.71 Å². The molecule has 2 amide bonds. The summed E-state index contributed by atoms with van der Waals surface area (Å²) in [6.45, 7) is 0.266. The van der Waals surface area contributed by atoms with E-state index < -0.39 is 17.7 Å². The van der Waals surface area contributed by atoms with Crippen LogP contribution in [0.4, 0.5) is 10.5 Å². The van der Waals surface area contributed by atoms with Gasteiger partial charge in [-0.1, -0.05) is 12.1 Å². The molecule has 0 unspecified atom stereocenters. The van der Waals surface area contributed by atoms with E-state index in [1.807, 2.05) is 0 Å². The highest BCUT2D eigenvalue weighted by Crippen LogP contribution is 2.14. The standard InChI is InChI=1S/C14H14N6O4/c1-23-6-7-24-14(22)20-19-13(21)11-4-2-3-5-12(11)18-17-10(8-15)9-16/h2-5,18H,6-7H2,1H3,(H,19,21)(H,20,22). The summed E-state index contributed by atoms with van der Waals surface area (Å²) in [7, 11) is 1.46. The lowest BCUT2D eigenvalue weighted by Gasteiger charge is -2.10. The number of hydrogen-bond acceptors (Lipinski definition) is 8. The van der Waals surface area contributed by atoms with Crippen molar-refractivity contribution in [1.29, 1.82) is 10.5 Å². The number of carbonyl (C=O) groups is 2. The summed E-state index contributed by atoms with van der Waals surface area (Å²) in [4.78, 5) is 23.4. The Hall–Kier alpha value is -3.63. The van der Waals surface area contributed by atoms with Gasteiger partial charge in [-0.25, -0.2) is 10.2 Å². The molecule has 0 spiro atoms. The summed E-state index contributed by atoms with van der Waals surface area (Å²) in [5, 5.41) is 20.8. The van der Waals surface area contributed by atoms with E-state index in [1.54, 1.807) is 24.3 Å². The predicted octanol–water partition coefficient (Wildman–Crippen LogP) is 0.519. The first kappa shape index (κ1) is 18.4. The van der Waals surface area contributed by atoms with Crippen LogP contribution in [-0.4, -0.2) is 38.0 Å². The fraction of sp³-hybridized carbons (Fsp3) is 0.214. The molecule has 10 heteroatoms. The summed E-state index contributed by atoms with van der Waals surface area (Å²) < 4.78 is 9.42. The highest BCUT2D eigenvalue weighted by molar-refractivity contribution is 6.10. The summed E-state index contributed by atoms with van der Waals surface area (Å²) in [5.41, 5.74) is 6.65. The molecule has 0 aliphatic rings. The van der Waals surface area contributed by atoms with Gasteiger partial charge in [0.05, 0.1) is 17.9 Å². The summed E-state index contributed by atoms with van der Waals surface area (Å²) in [6.07, 6.45) is -0.847. The van der Waals surface area contributed by atoms with E-state index in [0.29, 0.717) is 0 Å². The molecule has 10 nitrogen and oxygen atoms in total. The summed E-state index contributed by atoms with van der Waals surface area (Å²) in [6, 6.07) is 9.35. The maximum Gasteiger partial charge on any atom is 0.426 e. The molecule has 0 saturated heterocycles. The number of methoxy groups -OCH3 is 1. The van der Waals surface area contributed by atoms with Crippen molar-refractivity contribution in [3.05, 3.63) is 29.8 Å². The molecule has 3 N–H and O–H groups in total. The number of nitrogens with one attached hydrogen (secondary N) is 3. The largest absolute Gasteiger partial charge is 0.446 e. The number of hydrogen-bond donors (Lipinski definition) is 3. The number of hydrazone groups is 1. The van der Waals surface area contributed by atoms with Crippen molar-refractivity contribution in [3.8, 4) is 12.1 Å². The number of nitriles is 2. The molecule has 0 bridgehead atoms. The molecular formula is C14H14N6O4. The third kappa shape index (κ3) is 6.01. The normalized spacial score (nSPS) is 8.96. The molecule has 0 aromatic heterocycles. The number of para-hydroxylation sites is 1. The van der Waals surface area contributed by atoms with Crippen molar-refractivity contribution < 1.29 is 19.1 Å². The van der Waals surface area contributed by atoms with Gasteiger partial charge in [-0.2, -0.15) is 15.6 Å². The Bertz CT molecular complexity index is 688. The van der Waals surface area contributed by atoms with Crippen LogP contribution in [0.25, 0.3) is 0 Å². The molecule has 1 aromatic carbocycles. The number of rotatable bonds is 6. The van der Waals surface area contributed by atoms with E-state index in [0.717, 1.165) is 0 Å². The van der Waals surface area contributed by atoms with Crippen molar-refractivity contribution in [2.75, 3.05) is 25.7 Å². The van der Waals surface area contributed by atoms with Gasteiger partial charge in [-0.15, -0.1) is 0 Å². The fourth-order valence-corrected chi connectivity index (χ4v) is 1.40. The Labute approximate surface area is 137 Å². The number of anilines is 1. The third-order valence-electron chi connectivity index (χ3n) is 2.47. The van der Waals surface area contributed by atoms with Gasteiger partial charge < -0.3 is 9.47 Å². The van der Waals surface area contributed by atoms with Gasteiger partial charge in [-0.05, 0) is 12.1 Å². The van der Waals surface area contributed by atoms with Crippen LogP contribution in [-0.2, 0) is 9.47 Å². The van der Waals surface area contributed by atoms with E-state index in [4.69, 9.17) is 20.0 Å². The minimum absolute atomic E-state index is 0.0379. The number of amides is 2. The first-order valence-electron chi connectivity index (χ1n) is 6.57. The number of nitrogens with zero attached hydrogens (tertiary/aromatic N) is 3. The molecule has 0 heterocycles. The highest BCUT2D eigenvalue weighted by Gasteiger charge is 2.12. The van der Waals surface area contributed by atoms with E-state index in [-0.39, 0.29) is 24.5 Å². The quantitative estimate of drug-likeness (QED) is 0.391. The van der Waals surface area contributed by atoms with Gasteiger partial charge in [0.1, 0.15) is 18.7 Å². The molecule has 0 aliphatic heterocycles. The van der Waals surface area contributed by atoms with Crippen LogP contribution in [0.3, 0.4) is 0 Å². The molecule has 124 valence electrons. The predicted molar refractivity (Wildman–Crippen MR) is 82.6 cm³/mol. The maximum atomic E-state index is 12.1. The maximum absolute atomic E-state index is 12.1. The van der Waals surface area contributed by atoms with E-state index in [2.05, 4.69) is 21.4 Å². The summed E-state index contributed by atoms with van der Waals surface area (Å²) >= 11 is 0. The zero-order valence-electron chi connectivity index (χ0n) is 12.7. The molecule has 0 fully saturated rings. The number of carbonyl (C=O) groups excluding carboxylic acids is 2. The van der Waals surface area contributed by atoms with Gasteiger partial charge >= 0.3 is 6.09 Å². The molecule has 1 rings (SSSR count). The lowest BCUT2D eigenvalue weighted by Crippen LogP contribution is -2.42. The minimum Gasteiger partial charge on any atom is -0.446 e. The van der Waals surface area contributed by atoms with Crippen LogP contribution in [0, 0.1) is 22.7 Å². The van der Waals surface area contributed by atoms with Crippen molar-refractivity contribution in [2.45, 2.75) is 0 Å². The van der Waals surface area contributed by atoms with Crippen LogP contribution >= 0.6 is 0 Å². The van der Waals surface area contributed by atoms with Gasteiger partial charge in [-0.3, -0.25) is 15.6 Å². The smallest absolute Gasteiger partial charge is 0.426 e. The first-order valence-corrected chi connectivity index (χ1v) is 6.57. The Balaban J connectivity index is 2.68. The fourth-order valence-electron chi connectivity index (χ4n) is 1.40. The number of ether oxygens (including phenoxy) is 2. The van der Waals surface area contributed by atoms with Crippen LogP contribution in [0.2, 0.25) is 0 Å². The van der Waals surface area contributed by atoms with Crippen molar-refractivity contribution >= 4 is 23.4 Å². The Morgan fingerprint density at radius 2 is 1.88 bits per heavy atom. The average molecular weight is 330 g/mol. The molecular weight excluding hydrogens is 316 g/mol. The van der Waals surface area contributed by atoms with Gasteiger partial charge in [0.15, 0.2) is 0 Å². The van der Waals surface area contributed by atoms with Crippen molar-refractivity contribution in [1.82, 2.24) is 10.9 Å². The Morgan fingerprint density at radius 3 is 2.54 bits per heavy atom. The Kier molecular flexibility index (Phi) is 7.79. The zero-order chi connectivity index (χ0) is 17.8. The van der Waals surface area contributed by atoms with Crippen molar-refractivity contribution in [3.63, 3.8) is 0 Å². The van der Waals surface area contributed by atoms with E-state index in [1.165, 1.54) is 19.2 Å². The average Bonchev–Trinajstić information content (AvgIpc) is 2.61. The van der Waals surface area contributed by atoms with E-state index >= 15 is 0 Å². The van der Waals surface area contributed by atoms with Gasteiger partial charge in [0.25, 0.3) is 5.91 Å².